The summed E-state index contributed by atoms with van der Waals surface area (Å²) in [6, 6.07) is 0.0690. The van der Waals surface area contributed by atoms with Crippen molar-refractivity contribution < 1.29 is 14.3 Å². The Labute approximate surface area is 141 Å². The number of nitrogens with one attached hydrogen (secondary N) is 1. The molecule has 2 amide bonds. The molecule has 3 rings (SSSR count). The second-order valence-electron chi connectivity index (χ2n) is 8.03. The van der Waals surface area contributed by atoms with E-state index in [4.69, 9.17) is 4.74 Å². The molecule has 1 saturated carbocycles. The molecule has 0 saturated heterocycles. The van der Waals surface area contributed by atoms with E-state index in [9.17, 15) is 9.59 Å². The van der Waals surface area contributed by atoms with Crippen LogP contribution in [0.1, 0.15) is 53.0 Å². The van der Waals surface area contributed by atoms with Crippen LogP contribution in [0, 0.1) is 0 Å². The van der Waals surface area contributed by atoms with Gasteiger partial charge in [-0.15, -0.1) is 0 Å². The molecule has 0 spiro atoms. The Kier molecular flexibility index (Phi) is 3.77. The summed E-state index contributed by atoms with van der Waals surface area (Å²) < 4.78 is 5.26. The van der Waals surface area contributed by atoms with Crippen LogP contribution >= 0.6 is 0 Å². The Morgan fingerprint density at radius 3 is 2.67 bits per heavy atom. The maximum absolute atomic E-state index is 12.8. The van der Waals surface area contributed by atoms with E-state index in [1.54, 1.807) is 11.1 Å². The van der Waals surface area contributed by atoms with Crippen LogP contribution in [-0.2, 0) is 14.9 Å². The van der Waals surface area contributed by atoms with Gasteiger partial charge in [0, 0.05) is 23.8 Å². The molecule has 1 N–H and O–H groups in total. The van der Waals surface area contributed by atoms with Crippen molar-refractivity contribution in [3.63, 3.8) is 0 Å². The molecule has 0 atom stereocenters. The predicted molar refractivity (Wildman–Crippen MR) is 88.7 cm³/mol. The third-order valence-corrected chi connectivity index (χ3v) is 4.55. The number of carbonyl (C=O) groups excluding carboxylic acids is 2. The first-order valence-electron chi connectivity index (χ1n) is 8.23. The molecule has 2 heterocycles. The lowest BCUT2D eigenvalue weighted by atomic mass is 9.84. The van der Waals surface area contributed by atoms with E-state index < -0.39 is 17.1 Å². The lowest BCUT2D eigenvalue weighted by molar-refractivity contribution is -0.123. The average molecular weight is 332 g/mol. The van der Waals surface area contributed by atoms with Crippen molar-refractivity contribution in [3.8, 4) is 0 Å². The predicted octanol–water partition coefficient (Wildman–Crippen LogP) is 2.16. The zero-order chi connectivity index (χ0) is 17.7. The fraction of sp³-hybridized carbons (Fsp3) is 0.647. The molecule has 24 heavy (non-hydrogen) atoms. The van der Waals surface area contributed by atoms with Crippen molar-refractivity contribution in [1.29, 1.82) is 0 Å². The number of carbonyl (C=O) groups is 2. The third kappa shape index (κ3) is 2.83. The standard InChI is InChI=1S/C17H24N4O3/c1-16(2,3)24-15(23)20-10-6-11(7-10)21-13-12(8-18-9-19-13)17(4,5)14(21)22/h8-11H,6-7H2,1-5H3,(H,20,23). The summed E-state index contributed by atoms with van der Waals surface area (Å²) in [5, 5.41) is 2.85. The summed E-state index contributed by atoms with van der Waals surface area (Å²) in [4.78, 5) is 34.7. The average Bonchev–Trinajstić information content (AvgIpc) is 2.61. The SMILES string of the molecule is CC(C)(C)OC(=O)NC1CC(N2C(=O)C(C)(C)c3cncnc32)C1. The maximum atomic E-state index is 12.8. The summed E-state index contributed by atoms with van der Waals surface area (Å²) in [5.74, 6) is 0.736. The Morgan fingerprint density at radius 2 is 2.04 bits per heavy atom. The van der Waals surface area contributed by atoms with E-state index in [2.05, 4.69) is 15.3 Å². The molecular weight excluding hydrogens is 308 g/mol. The Bertz CT molecular complexity index is 675. The fourth-order valence-corrected chi connectivity index (χ4v) is 3.20. The zero-order valence-corrected chi connectivity index (χ0v) is 14.8. The lowest BCUT2D eigenvalue weighted by Gasteiger charge is -2.41. The van der Waals surface area contributed by atoms with E-state index in [0.29, 0.717) is 18.7 Å². The van der Waals surface area contributed by atoms with E-state index >= 15 is 0 Å². The molecule has 0 radical (unpaired) electrons. The van der Waals surface area contributed by atoms with Gasteiger partial charge in [-0.1, -0.05) is 0 Å². The van der Waals surface area contributed by atoms with Crippen LogP contribution in [0.3, 0.4) is 0 Å². The fourth-order valence-electron chi connectivity index (χ4n) is 3.20. The molecule has 2 aliphatic rings. The summed E-state index contributed by atoms with van der Waals surface area (Å²) in [6.07, 6.45) is 4.17. The van der Waals surface area contributed by atoms with Gasteiger partial charge in [0.15, 0.2) is 0 Å². The second kappa shape index (κ2) is 5.43. The van der Waals surface area contributed by atoms with Gasteiger partial charge in [-0.2, -0.15) is 0 Å². The van der Waals surface area contributed by atoms with Crippen LogP contribution in [0.4, 0.5) is 10.6 Å². The molecule has 0 unspecified atom stereocenters. The highest BCUT2D eigenvalue weighted by atomic mass is 16.6. The van der Waals surface area contributed by atoms with Gasteiger partial charge >= 0.3 is 6.09 Å². The van der Waals surface area contributed by atoms with Gasteiger partial charge in [0.25, 0.3) is 0 Å². The molecule has 1 aliphatic heterocycles. The van der Waals surface area contributed by atoms with Crippen LogP contribution < -0.4 is 10.2 Å². The number of hydrogen-bond donors (Lipinski definition) is 1. The Hall–Kier alpha value is -2.18. The monoisotopic (exact) mass is 332 g/mol. The maximum Gasteiger partial charge on any atom is 0.407 e. The molecule has 130 valence electrons. The van der Waals surface area contributed by atoms with Crippen LogP contribution in [0.5, 0.6) is 0 Å². The first-order valence-corrected chi connectivity index (χ1v) is 8.23. The number of nitrogens with zero attached hydrogens (tertiary/aromatic N) is 3. The van der Waals surface area contributed by atoms with Gasteiger partial charge in [0.2, 0.25) is 5.91 Å². The third-order valence-electron chi connectivity index (χ3n) is 4.55. The quantitative estimate of drug-likeness (QED) is 0.897. The highest BCUT2D eigenvalue weighted by molar-refractivity contribution is 6.07. The minimum absolute atomic E-state index is 0.0200. The molecular formula is C17H24N4O3. The van der Waals surface area contributed by atoms with E-state index in [0.717, 1.165) is 5.56 Å². The molecule has 0 bridgehead atoms. The highest BCUT2D eigenvalue weighted by Crippen LogP contribution is 2.43. The molecule has 1 aliphatic carbocycles. The summed E-state index contributed by atoms with van der Waals surface area (Å²) in [6.45, 7) is 9.28. The molecule has 7 heteroatoms. The number of amides is 2. The van der Waals surface area contributed by atoms with Gasteiger partial charge in [-0.3, -0.25) is 9.69 Å². The Balaban J connectivity index is 1.65. The van der Waals surface area contributed by atoms with Crippen molar-refractivity contribution >= 4 is 17.8 Å². The number of fused-ring (bicyclic) bond motifs is 1. The van der Waals surface area contributed by atoms with E-state index in [1.165, 1.54) is 6.33 Å². The van der Waals surface area contributed by atoms with E-state index in [1.807, 2.05) is 34.6 Å². The summed E-state index contributed by atoms with van der Waals surface area (Å²) in [5.41, 5.74) is -0.267. The lowest BCUT2D eigenvalue weighted by Crippen LogP contribution is -2.56. The van der Waals surface area contributed by atoms with Crippen LogP contribution in [-0.4, -0.2) is 39.7 Å². The van der Waals surface area contributed by atoms with Crippen molar-refractivity contribution in [2.75, 3.05) is 4.90 Å². The largest absolute Gasteiger partial charge is 0.444 e. The van der Waals surface area contributed by atoms with E-state index in [-0.39, 0.29) is 18.0 Å². The number of aromatic nitrogens is 2. The number of anilines is 1. The Morgan fingerprint density at radius 1 is 1.38 bits per heavy atom. The minimum Gasteiger partial charge on any atom is -0.444 e. The van der Waals surface area contributed by atoms with Gasteiger partial charge in [-0.05, 0) is 47.5 Å². The molecule has 7 nitrogen and oxygen atoms in total. The van der Waals surface area contributed by atoms with Crippen molar-refractivity contribution in [3.05, 3.63) is 18.1 Å². The smallest absolute Gasteiger partial charge is 0.407 e. The number of alkyl carbamates (subject to hydrolysis) is 1. The van der Waals surface area contributed by atoms with Gasteiger partial charge in [0.05, 0.1) is 5.41 Å². The summed E-state index contributed by atoms with van der Waals surface area (Å²) >= 11 is 0. The molecule has 1 aromatic heterocycles. The molecule has 1 fully saturated rings. The van der Waals surface area contributed by atoms with Crippen molar-refractivity contribution in [1.82, 2.24) is 15.3 Å². The first kappa shape index (κ1) is 16.7. The topological polar surface area (TPSA) is 84.4 Å². The van der Waals surface area contributed by atoms with Crippen LogP contribution in [0.2, 0.25) is 0 Å². The van der Waals surface area contributed by atoms with Crippen molar-refractivity contribution in [2.45, 2.75) is 70.6 Å². The van der Waals surface area contributed by atoms with Gasteiger partial charge < -0.3 is 10.1 Å². The van der Waals surface area contributed by atoms with Gasteiger partial charge in [-0.25, -0.2) is 14.8 Å². The first-order chi connectivity index (χ1) is 11.1. The zero-order valence-electron chi connectivity index (χ0n) is 14.8. The number of rotatable bonds is 2. The molecule has 1 aromatic rings. The normalized spacial score (nSPS) is 25.0. The molecule has 0 aromatic carbocycles. The highest BCUT2D eigenvalue weighted by Gasteiger charge is 2.50. The van der Waals surface area contributed by atoms with Crippen LogP contribution in [0.15, 0.2) is 12.5 Å². The van der Waals surface area contributed by atoms with Gasteiger partial charge in [0.1, 0.15) is 17.7 Å². The van der Waals surface area contributed by atoms with Crippen LogP contribution in [0.25, 0.3) is 0 Å². The summed E-state index contributed by atoms with van der Waals surface area (Å²) in [7, 11) is 0. The van der Waals surface area contributed by atoms with Crippen molar-refractivity contribution in [2.24, 2.45) is 0 Å². The minimum atomic E-state index is -0.611. The second-order valence-corrected chi connectivity index (χ2v) is 8.03. The number of hydrogen-bond acceptors (Lipinski definition) is 5. The number of ether oxygens (including phenoxy) is 1.